The number of hydrogen-bond donors (Lipinski definition) is 3. The molecule has 2 aromatic heterocycles. The smallest absolute Gasteiger partial charge is 0.339 e. The average Bonchev–Trinajstić information content (AvgIpc) is 3.33. The SMILES string of the molecule is Cc1nc(CNC(=O)C(C)(C)N(C)C)sc1-c1csc(-c2cc(O)c(C(=O)O)cc2F)n1. The summed E-state index contributed by atoms with van der Waals surface area (Å²) in [6.45, 7) is 5.76. The van der Waals surface area contributed by atoms with E-state index in [0.717, 1.165) is 22.7 Å². The van der Waals surface area contributed by atoms with Crippen molar-refractivity contribution in [3.05, 3.63) is 39.6 Å². The van der Waals surface area contributed by atoms with Crippen LogP contribution in [0.15, 0.2) is 17.5 Å². The zero-order valence-electron chi connectivity index (χ0n) is 18.2. The van der Waals surface area contributed by atoms with Crippen LogP contribution in [0.5, 0.6) is 5.75 Å². The van der Waals surface area contributed by atoms with Crippen LogP contribution in [0, 0.1) is 12.7 Å². The number of aromatic carboxylic acids is 1. The predicted octanol–water partition coefficient (Wildman–Crippen LogP) is 3.74. The van der Waals surface area contributed by atoms with Crippen LogP contribution in [-0.4, -0.2) is 56.6 Å². The second-order valence-corrected chi connectivity index (χ2v) is 9.79. The van der Waals surface area contributed by atoms with E-state index in [1.54, 1.807) is 5.38 Å². The van der Waals surface area contributed by atoms with Crippen molar-refractivity contribution in [2.45, 2.75) is 32.9 Å². The van der Waals surface area contributed by atoms with Crippen LogP contribution in [0.1, 0.15) is 34.9 Å². The van der Waals surface area contributed by atoms with Crippen molar-refractivity contribution in [2.75, 3.05) is 14.1 Å². The Morgan fingerprint density at radius 1 is 1.25 bits per heavy atom. The zero-order chi connectivity index (χ0) is 23.8. The van der Waals surface area contributed by atoms with E-state index in [1.165, 1.54) is 22.7 Å². The lowest BCUT2D eigenvalue weighted by atomic mass is 10.0. The Kier molecular flexibility index (Phi) is 6.63. The molecule has 0 aliphatic carbocycles. The minimum atomic E-state index is -1.42. The van der Waals surface area contributed by atoms with Crippen molar-refractivity contribution in [3.63, 3.8) is 0 Å². The van der Waals surface area contributed by atoms with E-state index in [0.29, 0.717) is 15.7 Å². The molecule has 0 radical (unpaired) electrons. The Hall–Kier alpha value is -2.89. The molecule has 0 saturated heterocycles. The Bertz CT molecular complexity index is 1190. The molecular formula is C21H23FN4O4S2. The maximum absolute atomic E-state index is 14.4. The van der Waals surface area contributed by atoms with Crippen molar-refractivity contribution in [1.29, 1.82) is 0 Å². The van der Waals surface area contributed by atoms with Gasteiger partial charge in [0.15, 0.2) is 0 Å². The molecule has 8 nitrogen and oxygen atoms in total. The second-order valence-electron chi connectivity index (χ2n) is 7.85. The van der Waals surface area contributed by atoms with Gasteiger partial charge in [0.1, 0.15) is 27.1 Å². The summed E-state index contributed by atoms with van der Waals surface area (Å²) in [6, 6.07) is 1.84. The Labute approximate surface area is 192 Å². The lowest BCUT2D eigenvalue weighted by molar-refractivity contribution is -0.130. The highest BCUT2D eigenvalue weighted by Gasteiger charge is 2.29. The van der Waals surface area contributed by atoms with Crippen molar-refractivity contribution in [1.82, 2.24) is 20.2 Å². The third-order valence-electron chi connectivity index (χ3n) is 5.20. The number of nitrogens with one attached hydrogen (secondary N) is 1. The molecule has 170 valence electrons. The summed E-state index contributed by atoms with van der Waals surface area (Å²) in [6.07, 6.45) is 0. The summed E-state index contributed by atoms with van der Waals surface area (Å²) in [4.78, 5) is 35.1. The number of phenols is 1. The third kappa shape index (κ3) is 4.64. The van der Waals surface area contributed by atoms with Crippen molar-refractivity contribution < 1.29 is 24.2 Å². The number of aryl methyl sites for hydroxylation is 1. The quantitative estimate of drug-likeness (QED) is 0.474. The summed E-state index contributed by atoms with van der Waals surface area (Å²) in [5.74, 6) is -2.85. The van der Waals surface area contributed by atoms with Crippen LogP contribution in [0.4, 0.5) is 4.39 Å². The van der Waals surface area contributed by atoms with Gasteiger partial charge in [-0.05, 0) is 47.0 Å². The fraction of sp³-hybridized carbons (Fsp3) is 0.333. The molecule has 0 unspecified atom stereocenters. The van der Waals surface area contributed by atoms with E-state index < -0.39 is 28.6 Å². The first-order valence-corrected chi connectivity index (χ1v) is 11.3. The number of carboxylic acid groups (broad SMARTS) is 1. The average molecular weight is 479 g/mol. The number of carbonyl (C=O) groups is 2. The Balaban J connectivity index is 1.82. The lowest BCUT2D eigenvalue weighted by Crippen LogP contribution is -2.51. The molecule has 0 aliphatic heterocycles. The molecule has 1 amide bonds. The van der Waals surface area contributed by atoms with Crippen molar-refractivity contribution in [2.24, 2.45) is 0 Å². The molecule has 0 bridgehead atoms. The molecule has 0 saturated carbocycles. The van der Waals surface area contributed by atoms with Gasteiger partial charge in [-0.1, -0.05) is 0 Å². The number of thiazole rings is 2. The summed E-state index contributed by atoms with van der Waals surface area (Å²) >= 11 is 2.55. The molecule has 0 spiro atoms. The van der Waals surface area contributed by atoms with Gasteiger partial charge in [-0.25, -0.2) is 19.2 Å². The lowest BCUT2D eigenvalue weighted by Gasteiger charge is -2.30. The molecule has 3 rings (SSSR count). The summed E-state index contributed by atoms with van der Waals surface area (Å²) in [5.41, 5.74) is 0.166. The number of hydrogen-bond acceptors (Lipinski definition) is 8. The summed E-state index contributed by atoms with van der Waals surface area (Å²) in [5, 5.41) is 24.6. The van der Waals surface area contributed by atoms with Crippen LogP contribution < -0.4 is 5.32 Å². The molecule has 1 aromatic carbocycles. The maximum atomic E-state index is 14.4. The first kappa shape index (κ1) is 23.8. The fourth-order valence-corrected chi connectivity index (χ4v) is 4.61. The van der Waals surface area contributed by atoms with Crippen LogP contribution >= 0.6 is 22.7 Å². The molecule has 2 heterocycles. The van der Waals surface area contributed by atoms with Gasteiger partial charge in [0.2, 0.25) is 5.91 Å². The number of aromatic nitrogens is 2. The molecule has 32 heavy (non-hydrogen) atoms. The number of aromatic hydroxyl groups is 1. The highest BCUT2D eigenvalue weighted by molar-refractivity contribution is 7.16. The van der Waals surface area contributed by atoms with E-state index in [9.17, 15) is 19.1 Å². The van der Waals surface area contributed by atoms with Crippen LogP contribution in [0.25, 0.3) is 21.1 Å². The Morgan fingerprint density at radius 2 is 1.94 bits per heavy atom. The topological polar surface area (TPSA) is 116 Å². The minimum Gasteiger partial charge on any atom is -0.507 e. The van der Waals surface area contributed by atoms with Gasteiger partial charge in [-0.15, -0.1) is 22.7 Å². The van der Waals surface area contributed by atoms with Crippen molar-refractivity contribution >= 4 is 34.6 Å². The van der Waals surface area contributed by atoms with E-state index >= 15 is 0 Å². The van der Waals surface area contributed by atoms with Gasteiger partial charge in [0, 0.05) is 10.9 Å². The molecule has 3 N–H and O–H groups in total. The first-order chi connectivity index (χ1) is 14.9. The number of carboxylic acids is 1. The zero-order valence-corrected chi connectivity index (χ0v) is 19.8. The highest BCUT2D eigenvalue weighted by atomic mass is 32.1. The minimum absolute atomic E-state index is 0.0179. The second kappa shape index (κ2) is 8.93. The highest BCUT2D eigenvalue weighted by Crippen LogP contribution is 2.36. The van der Waals surface area contributed by atoms with E-state index in [4.69, 9.17) is 5.11 Å². The number of carbonyl (C=O) groups excluding carboxylic acids is 1. The van der Waals surface area contributed by atoms with Gasteiger partial charge in [0.25, 0.3) is 0 Å². The van der Waals surface area contributed by atoms with Gasteiger partial charge in [-0.3, -0.25) is 9.69 Å². The number of benzene rings is 1. The molecule has 0 fully saturated rings. The first-order valence-electron chi connectivity index (χ1n) is 9.56. The predicted molar refractivity (Wildman–Crippen MR) is 122 cm³/mol. The van der Waals surface area contributed by atoms with Crippen molar-refractivity contribution in [3.8, 4) is 26.9 Å². The van der Waals surface area contributed by atoms with Gasteiger partial charge in [-0.2, -0.15) is 0 Å². The third-order valence-corrected chi connectivity index (χ3v) is 7.25. The van der Waals surface area contributed by atoms with Gasteiger partial charge >= 0.3 is 5.97 Å². The normalized spacial score (nSPS) is 11.7. The van der Waals surface area contributed by atoms with Gasteiger partial charge < -0.3 is 15.5 Å². The molecule has 3 aromatic rings. The number of amides is 1. The summed E-state index contributed by atoms with van der Waals surface area (Å²) < 4.78 is 14.4. The maximum Gasteiger partial charge on any atom is 0.339 e. The molecular weight excluding hydrogens is 455 g/mol. The monoisotopic (exact) mass is 478 g/mol. The van der Waals surface area contributed by atoms with Crippen LogP contribution in [0.3, 0.4) is 0 Å². The fourth-order valence-electron chi connectivity index (χ4n) is 2.74. The molecule has 0 atom stereocenters. The largest absolute Gasteiger partial charge is 0.507 e. The Morgan fingerprint density at radius 3 is 2.56 bits per heavy atom. The number of halogens is 1. The van der Waals surface area contributed by atoms with Crippen LogP contribution in [-0.2, 0) is 11.3 Å². The van der Waals surface area contributed by atoms with Crippen LogP contribution in [0.2, 0.25) is 0 Å². The van der Waals surface area contributed by atoms with E-state index in [2.05, 4.69) is 15.3 Å². The molecule has 11 heteroatoms. The molecule has 0 aliphatic rings. The van der Waals surface area contributed by atoms with E-state index in [-0.39, 0.29) is 18.0 Å². The van der Waals surface area contributed by atoms with E-state index in [1.807, 2.05) is 39.8 Å². The van der Waals surface area contributed by atoms with Gasteiger partial charge in [0.05, 0.1) is 28.3 Å². The standard InChI is InChI=1S/C21H23FN4O4S2/c1-10-17(32-16(24-10)8-23-20(30)21(2,3)26(4)5)14-9-31-18(25-14)11-7-15(27)12(19(28)29)6-13(11)22/h6-7,9,27H,8H2,1-5H3,(H,23,30)(H,28,29). The summed E-state index contributed by atoms with van der Waals surface area (Å²) in [7, 11) is 3.67. The number of nitrogens with zero attached hydrogens (tertiary/aromatic N) is 3. The number of likely N-dealkylation sites (N-methyl/N-ethyl adjacent to an activating group) is 1. The number of rotatable bonds is 7.